The molecule has 0 aliphatic carbocycles. The predicted octanol–water partition coefficient (Wildman–Crippen LogP) is 1.46. The molecule has 0 saturated heterocycles. The summed E-state index contributed by atoms with van der Waals surface area (Å²) in [5.74, 6) is -1.24. The third-order valence-electron chi connectivity index (χ3n) is 3.03. The van der Waals surface area contributed by atoms with Crippen LogP contribution in [-0.4, -0.2) is 41.1 Å². The lowest BCUT2D eigenvalue weighted by Gasteiger charge is -2.09. The summed E-state index contributed by atoms with van der Waals surface area (Å²) in [5, 5.41) is 5.01. The van der Waals surface area contributed by atoms with Gasteiger partial charge in [0.05, 0.1) is 12.1 Å². The SMILES string of the molecule is O=C(CNC(=O)c1ccc(OCC(F)(F)F)nc1)NCc1ccncc1. The lowest BCUT2D eigenvalue weighted by atomic mass is 10.2. The standard InChI is InChI=1S/C16H15F3N4O3/c17-16(18,19)10-26-14-2-1-12(8-22-14)15(25)23-9-13(24)21-7-11-3-5-20-6-4-11/h1-6,8H,7,9-10H2,(H,21,24)(H,23,25). The molecule has 10 heteroatoms. The van der Waals surface area contributed by atoms with Crippen molar-refractivity contribution in [1.82, 2.24) is 20.6 Å². The lowest BCUT2D eigenvalue weighted by molar-refractivity contribution is -0.154. The fraction of sp³-hybridized carbons (Fsp3) is 0.250. The molecule has 138 valence electrons. The minimum Gasteiger partial charge on any atom is -0.468 e. The molecule has 0 aliphatic rings. The van der Waals surface area contributed by atoms with E-state index in [0.29, 0.717) is 6.54 Å². The van der Waals surface area contributed by atoms with Gasteiger partial charge in [0.15, 0.2) is 6.61 Å². The molecule has 26 heavy (non-hydrogen) atoms. The number of nitrogens with one attached hydrogen (secondary N) is 2. The summed E-state index contributed by atoms with van der Waals surface area (Å²) in [5.41, 5.74) is 0.949. The minimum absolute atomic E-state index is 0.0892. The number of rotatable bonds is 7. The van der Waals surface area contributed by atoms with Crippen molar-refractivity contribution < 1.29 is 27.5 Å². The van der Waals surface area contributed by atoms with Gasteiger partial charge in [-0.2, -0.15) is 13.2 Å². The number of carbonyl (C=O) groups excluding carboxylic acids is 2. The van der Waals surface area contributed by atoms with E-state index in [1.165, 1.54) is 6.07 Å². The van der Waals surface area contributed by atoms with Crippen LogP contribution in [0.25, 0.3) is 0 Å². The van der Waals surface area contributed by atoms with E-state index in [2.05, 4.69) is 25.3 Å². The zero-order chi connectivity index (χ0) is 19.0. The van der Waals surface area contributed by atoms with E-state index in [1.54, 1.807) is 24.5 Å². The first-order valence-electron chi connectivity index (χ1n) is 7.43. The second-order valence-electron chi connectivity index (χ2n) is 5.10. The van der Waals surface area contributed by atoms with Crippen LogP contribution in [0.15, 0.2) is 42.9 Å². The van der Waals surface area contributed by atoms with Crippen LogP contribution in [0, 0.1) is 0 Å². The lowest BCUT2D eigenvalue weighted by Crippen LogP contribution is -2.36. The quantitative estimate of drug-likeness (QED) is 0.772. The number of amides is 2. The monoisotopic (exact) mass is 368 g/mol. The number of aromatic nitrogens is 2. The molecule has 0 aromatic carbocycles. The number of hydrogen-bond acceptors (Lipinski definition) is 5. The van der Waals surface area contributed by atoms with Gasteiger partial charge in [-0.15, -0.1) is 0 Å². The first-order valence-corrected chi connectivity index (χ1v) is 7.43. The van der Waals surface area contributed by atoms with Gasteiger partial charge in [-0.05, 0) is 23.8 Å². The molecule has 0 fully saturated rings. The highest BCUT2D eigenvalue weighted by atomic mass is 19.4. The number of hydrogen-bond donors (Lipinski definition) is 2. The number of ether oxygens (including phenoxy) is 1. The fourth-order valence-corrected chi connectivity index (χ4v) is 1.78. The van der Waals surface area contributed by atoms with Crippen LogP contribution < -0.4 is 15.4 Å². The first-order chi connectivity index (χ1) is 12.3. The van der Waals surface area contributed by atoms with Crippen molar-refractivity contribution in [3.63, 3.8) is 0 Å². The van der Waals surface area contributed by atoms with Gasteiger partial charge in [0.1, 0.15) is 0 Å². The van der Waals surface area contributed by atoms with Gasteiger partial charge >= 0.3 is 6.18 Å². The van der Waals surface area contributed by atoms with E-state index < -0.39 is 24.6 Å². The summed E-state index contributed by atoms with van der Waals surface area (Å²) in [4.78, 5) is 31.1. The second kappa shape index (κ2) is 8.79. The fourth-order valence-electron chi connectivity index (χ4n) is 1.78. The summed E-state index contributed by atoms with van der Waals surface area (Å²) >= 11 is 0. The van der Waals surface area contributed by atoms with Gasteiger partial charge in [0, 0.05) is 31.2 Å². The number of alkyl halides is 3. The normalized spacial score (nSPS) is 10.9. The molecule has 2 N–H and O–H groups in total. The van der Waals surface area contributed by atoms with Crippen molar-refractivity contribution in [1.29, 1.82) is 0 Å². The van der Waals surface area contributed by atoms with E-state index in [0.717, 1.165) is 17.8 Å². The Morgan fingerprint density at radius 3 is 2.42 bits per heavy atom. The summed E-state index contributed by atoms with van der Waals surface area (Å²) in [6.07, 6.45) is -0.214. The number of pyridine rings is 2. The molecule has 0 atom stereocenters. The van der Waals surface area contributed by atoms with Gasteiger partial charge < -0.3 is 15.4 Å². The molecule has 0 radical (unpaired) electrons. The molecule has 0 spiro atoms. The van der Waals surface area contributed by atoms with Crippen LogP contribution in [0.2, 0.25) is 0 Å². The Bertz CT molecular complexity index is 737. The Kier molecular flexibility index (Phi) is 6.48. The molecular weight excluding hydrogens is 353 g/mol. The Labute approximate surface area is 146 Å². The number of halogens is 3. The van der Waals surface area contributed by atoms with E-state index in [-0.39, 0.29) is 18.0 Å². The van der Waals surface area contributed by atoms with Gasteiger partial charge in [-0.3, -0.25) is 14.6 Å². The molecule has 2 amide bonds. The van der Waals surface area contributed by atoms with E-state index in [1.807, 2.05) is 0 Å². The topological polar surface area (TPSA) is 93.2 Å². The summed E-state index contributed by atoms with van der Waals surface area (Å²) in [6, 6.07) is 5.88. The van der Waals surface area contributed by atoms with Crippen molar-refractivity contribution in [3.05, 3.63) is 54.0 Å². The zero-order valence-electron chi connectivity index (χ0n) is 13.4. The largest absolute Gasteiger partial charge is 0.468 e. The highest BCUT2D eigenvalue weighted by Crippen LogP contribution is 2.16. The van der Waals surface area contributed by atoms with Crippen LogP contribution in [-0.2, 0) is 11.3 Å². The van der Waals surface area contributed by atoms with Crippen LogP contribution in [0.3, 0.4) is 0 Å². The predicted molar refractivity (Wildman–Crippen MR) is 84.2 cm³/mol. The summed E-state index contributed by atoms with van der Waals surface area (Å²) < 4.78 is 40.6. The smallest absolute Gasteiger partial charge is 0.422 e. The molecular formula is C16H15F3N4O3. The van der Waals surface area contributed by atoms with Crippen molar-refractivity contribution >= 4 is 11.8 Å². The van der Waals surface area contributed by atoms with E-state index in [9.17, 15) is 22.8 Å². The van der Waals surface area contributed by atoms with Gasteiger partial charge in [0.2, 0.25) is 11.8 Å². The third kappa shape index (κ3) is 6.75. The van der Waals surface area contributed by atoms with Crippen LogP contribution >= 0.6 is 0 Å². The number of nitrogens with zero attached hydrogens (tertiary/aromatic N) is 2. The molecule has 2 rings (SSSR count). The molecule has 2 aromatic heterocycles. The van der Waals surface area contributed by atoms with Crippen LogP contribution in [0.5, 0.6) is 5.88 Å². The van der Waals surface area contributed by atoms with Gasteiger partial charge in [0.25, 0.3) is 5.91 Å². The molecule has 7 nitrogen and oxygen atoms in total. The molecule has 2 heterocycles. The molecule has 0 aliphatic heterocycles. The zero-order valence-corrected chi connectivity index (χ0v) is 13.4. The van der Waals surface area contributed by atoms with E-state index in [4.69, 9.17) is 0 Å². The van der Waals surface area contributed by atoms with Gasteiger partial charge in [-0.1, -0.05) is 0 Å². The van der Waals surface area contributed by atoms with Gasteiger partial charge in [-0.25, -0.2) is 4.98 Å². The summed E-state index contributed by atoms with van der Waals surface area (Å²) in [6.45, 7) is -1.43. The van der Waals surface area contributed by atoms with Crippen LogP contribution in [0.1, 0.15) is 15.9 Å². The Morgan fingerprint density at radius 1 is 1.08 bits per heavy atom. The average molecular weight is 368 g/mol. The maximum absolute atomic E-state index is 12.0. The third-order valence-corrected chi connectivity index (χ3v) is 3.03. The van der Waals surface area contributed by atoms with Crippen molar-refractivity contribution in [2.45, 2.75) is 12.7 Å². The van der Waals surface area contributed by atoms with Crippen molar-refractivity contribution in [3.8, 4) is 5.88 Å². The molecule has 0 unspecified atom stereocenters. The molecule has 0 bridgehead atoms. The van der Waals surface area contributed by atoms with E-state index >= 15 is 0 Å². The number of carbonyl (C=O) groups is 2. The van der Waals surface area contributed by atoms with Crippen molar-refractivity contribution in [2.75, 3.05) is 13.2 Å². The summed E-state index contributed by atoms with van der Waals surface area (Å²) in [7, 11) is 0. The van der Waals surface area contributed by atoms with Crippen LogP contribution in [0.4, 0.5) is 13.2 Å². The molecule has 2 aromatic rings. The molecule has 0 saturated carbocycles. The maximum Gasteiger partial charge on any atom is 0.422 e. The Morgan fingerprint density at radius 2 is 1.81 bits per heavy atom. The average Bonchev–Trinajstić information content (AvgIpc) is 2.63. The highest BCUT2D eigenvalue weighted by Gasteiger charge is 2.28. The maximum atomic E-state index is 12.0. The minimum atomic E-state index is -4.47. The Balaban J connectivity index is 1.75. The van der Waals surface area contributed by atoms with Crippen molar-refractivity contribution in [2.24, 2.45) is 0 Å². The Hall–Kier alpha value is -3.17. The second-order valence-corrected chi connectivity index (χ2v) is 5.10. The highest BCUT2D eigenvalue weighted by molar-refractivity contribution is 5.96. The first kappa shape index (κ1) is 19.2.